The molecule has 0 aliphatic heterocycles. The Morgan fingerprint density at radius 2 is 2.26 bits per heavy atom. The van der Waals surface area contributed by atoms with Crippen LogP contribution in [0.15, 0.2) is 23.7 Å². The van der Waals surface area contributed by atoms with Gasteiger partial charge in [0.2, 0.25) is 0 Å². The lowest BCUT2D eigenvalue weighted by atomic mass is 10.3. The first-order valence-corrected chi connectivity index (χ1v) is 7.87. The number of nitrogens with zero attached hydrogens (tertiary/aromatic N) is 2. The Morgan fingerprint density at radius 1 is 1.42 bits per heavy atom. The van der Waals surface area contributed by atoms with Crippen molar-refractivity contribution >= 4 is 11.3 Å². The summed E-state index contributed by atoms with van der Waals surface area (Å²) in [5.41, 5.74) is 2.49. The summed E-state index contributed by atoms with van der Waals surface area (Å²) in [4.78, 5) is 4.69. The van der Waals surface area contributed by atoms with Crippen LogP contribution in [0.25, 0.3) is 0 Å². The highest BCUT2D eigenvalue weighted by Gasteiger charge is 2.05. The zero-order valence-corrected chi connectivity index (χ0v) is 12.8. The van der Waals surface area contributed by atoms with E-state index in [0.717, 1.165) is 19.5 Å². The first kappa shape index (κ1) is 14.3. The maximum Gasteiger partial charge on any atom is 0.0928 e. The highest BCUT2D eigenvalue weighted by atomic mass is 32.1. The van der Waals surface area contributed by atoms with Gasteiger partial charge in [-0.1, -0.05) is 20.8 Å². The third-order valence-electron chi connectivity index (χ3n) is 3.01. The Kier molecular flexibility index (Phi) is 5.16. The van der Waals surface area contributed by atoms with Crippen LogP contribution >= 0.6 is 11.3 Å². The molecule has 2 aromatic heterocycles. The number of aromatic nitrogens is 2. The maximum absolute atomic E-state index is 4.69. The Morgan fingerprint density at radius 3 is 3.00 bits per heavy atom. The normalized spacial score (nSPS) is 11.4. The molecule has 0 spiro atoms. The molecule has 0 aliphatic rings. The predicted octanol–water partition coefficient (Wildman–Crippen LogP) is 3.44. The van der Waals surface area contributed by atoms with Gasteiger partial charge in [-0.2, -0.15) is 0 Å². The van der Waals surface area contributed by atoms with Crippen molar-refractivity contribution in [2.24, 2.45) is 0 Å². The molecule has 0 atom stereocenters. The molecule has 0 aromatic carbocycles. The van der Waals surface area contributed by atoms with Gasteiger partial charge in [0.05, 0.1) is 17.2 Å². The molecule has 0 amide bonds. The van der Waals surface area contributed by atoms with Gasteiger partial charge in [0, 0.05) is 29.9 Å². The van der Waals surface area contributed by atoms with Crippen LogP contribution in [0, 0.1) is 0 Å². The molecule has 2 aromatic rings. The number of nitrogens with one attached hydrogen (secondary N) is 1. The second-order valence-electron chi connectivity index (χ2n) is 5.15. The van der Waals surface area contributed by atoms with Crippen molar-refractivity contribution in [3.05, 3.63) is 40.1 Å². The highest BCUT2D eigenvalue weighted by Crippen LogP contribution is 2.14. The van der Waals surface area contributed by atoms with Crippen molar-refractivity contribution < 1.29 is 0 Å². The minimum atomic E-state index is 0.513. The smallest absolute Gasteiger partial charge is 0.0928 e. The van der Waals surface area contributed by atoms with Gasteiger partial charge >= 0.3 is 0 Å². The molecule has 4 heteroatoms. The zero-order chi connectivity index (χ0) is 13.7. The van der Waals surface area contributed by atoms with Crippen LogP contribution in [0.1, 0.15) is 43.6 Å². The molecule has 104 valence electrons. The quantitative estimate of drug-likeness (QED) is 0.840. The van der Waals surface area contributed by atoms with E-state index in [4.69, 9.17) is 0 Å². The Labute approximate surface area is 119 Å². The number of hydrogen-bond donors (Lipinski definition) is 1. The lowest BCUT2D eigenvalue weighted by molar-refractivity contribution is 0.563. The number of rotatable bonds is 7. The molecule has 1 N–H and O–H groups in total. The van der Waals surface area contributed by atoms with Crippen molar-refractivity contribution in [2.75, 3.05) is 0 Å². The minimum absolute atomic E-state index is 0.513. The summed E-state index contributed by atoms with van der Waals surface area (Å²) >= 11 is 1.78. The fourth-order valence-corrected chi connectivity index (χ4v) is 2.89. The SMILES string of the molecule is CCCc1nc(Cn2cccc2CNC(C)C)cs1. The van der Waals surface area contributed by atoms with Crippen LogP contribution < -0.4 is 5.32 Å². The molecule has 0 bridgehead atoms. The van der Waals surface area contributed by atoms with Gasteiger partial charge in [-0.3, -0.25) is 0 Å². The van der Waals surface area contributed by atoms with E-state index < -0.39 is 0 Å². The summed E-state index contributed by atoms with van der Waals surface area (Å²) in [7, 11) is 0. The van der Waals surface area contributed by atoms with E-state index in [-0.39, 0.29) is 0 Å². The van der Waals surface area contributed by atoms with Gasteiger partial charge in [0.25, 0.3) is 0 Å². The Hall–Kier alpha value is -1.13. The zero-order valence-electron chi connectivity index (χ0n) is 12.0. The molecule has 2 heterocycles. The fraction of sp³-hybridized carbons (Fsp3) is 0.533. The first-order chi connectivity index (χ1) is 9.19. The first-order valence-electron chi connectivity index (χ1n) is 6.99. The molecule has 2 rings (SSSR count). The Balaban J connectivity index is 1.99. The molecule has 19 heavy (non-hydrogen) atoms. The summed E-state index contributed by atoms with van der Waals surface area (Å²) in [5.74, 6) is 0. The van der Waals surface area contributed by atoms with Gasteiger partial charge in [-0.25, -0.2) is 4.98 Å². The fourth-order valence-electron chi connectivity index (χ4n) is 2.00. The van der Waals surface area contributed by atoms with Crippen molar-refractivity contribution in [3.8, 4) is 0 Å². The van der Waals surface area contributed by atoms with E-state index in [1.807, 2.05) is 0 Å². The predicted molar refractivity (Wildman–Crippen MR) is 81.6 cm³/mol. The topological polar surface area (TPSA) is 29.9 Å². The molecule has 0 aliphatic carbocycles. The van der Waals surface area contributed by atoms with E-state index in [0.29, 0.717) is 6.04 Å². The highest BCUT2D eigenvalue weighted by molar-refractivity contribution is 7.09. The van der Waals surface area contributed by atoms with Gasteiger partial charge in [0.15, 0.2) is 0 Å². The Bertz CT molecular complexity index is 499. The molecule has 0 saturated carbocycles. The van der Waals surface area contributed by atoms with Crippen LogP contribution in [-0.2, 0) is 19.5 Å². The summed E-state index contributed by atoms with van der Waals surface area (Å²) in [6.45, 7) is 8.33. The van der Waals surface area contributed by atoms with Crippen LogP contribution in [-0.4, -0.2) is 15.6 Å². The van der Waals surface area contributed by atoms with E-state index in [1.165, 1.54) is 22.8 Å². The van der Waals surface area contributed by atoms with Crippen LogP contribution in [0.5, 0.6) is 0 Å². The third kappa shape index (κ3) is 4.18. The van der Waals surface area contributed by atoms with Crippen LogP contribution in [0.3, 0.4) is 0 Å². The van der Waals surface area contributed by atoms with Crippen molar-refractivity contribution in [2.45, 2.75) is 52.7 Å². The molecular weight excluding hydrogens is 254 g/mol. The largest absolute Gasteiger partial charge is 0.344 e. The van der Waals surface area contributed by atoms with E-state index in [1.54, 1.807) is 11.3 Å². The third-order valence-corrected chi connectivity index (χ3v) is 3.97. The molecular formula is C15H23N3S. The summed E-state index contributed by atoms with van der Waals surface area (Å²) in [6, 6.07) is 4.80. The van der Waals surface area contributed by atoms with E-state index in [2.05, 4.69) is 59.3 Å². The monoisotopic (exact) mass is 277 g/mol. The van der Waals surface area contributed by atoms with Crippen molar-refractivity contribution in [1.29, 1.82) is 0 Å². The van der Waals surface area contributed by atoms with Crippen molar-refractivity contribution in [3.63, 3.8) is 0 Å². The second kappa shape index (κ2) is 6.87. The van der Waals surface area contributed by atoms with Crippen LogP contribution in [0.4, 0.5) is 0 Å². The maximum atomic E-state index is 4.69. The van der Waals surface area contributed by atoms with E-state index >= 15 is 0 Å². The van der Waals surface area contributed by atoms with Gasteiger partial charge in [-0.15, -0.1) is 11.3 Å². The van der Waals surface area contributed by atoms with E-state index in [9.17, 15) is 0 Å². The number of aryl methyl sites for hydroxylation is 1. The van der Waals surface area contributed by atoms with Gasteiger partial charge < -0.3 is 9.88 Å². The lowest BCUT2D eigenvalue weighted by Gasteiger charge is -2.11. The standard InChI is InChI=1S/C15H23N3S/c1-4-6-15-17-13(11-19-15)10-18-8-5-7-14(18)9-16-12(2)3/h5,7-8,11-12,16H,4,6,9-10H2,1-3H3. The molecule has 0 saturated heterocycles. The summed E-state index contributed by atoms with van der Waals surface area (Å²) < 4.78 is 2.28. The lowest BCUT2D eigenvalue weighted by Crippen LogP contribution is -2.23. The van der Waals surface area contributed by atoms with Crippen molar-refractivity contribution in [1.82, 2.24) is 14.9 Å². The minimum Gasteiger partial charge on any atom is -0.344 e. The number of hydrogen-bond acceptors (Lipinski definition) is 3. The average molecular weight is 277 g/mol. The second-order valence-corrected chi connectivity index (χ2v) is 6.09. The molecule has 3 nitrogen and oxygen atoms in total. The average Bonchev–Trinajstić information content (AvgIpc) is 2.97. The summed E-state index contributed by atoms with van der Waals surface area (Å²) in [5, 5.41) is 6.90. The molecule has 0 radical (unpaired) electrons. The molecule has 0 unspecified atom stereocenters. The van der Waals surface area contributed by atoms with Crippen LogP contribution in [0.2, 0.25) is 0 Å². The summed E-state index contributed by atoms with van der Waals surface area (Å²) in [6.07, 6.45) is 4.40. The van der Waals surface area contributed by atoms with Gasteiger partial charge in [0.1, 0.15) is 0 Å². The number of thiazole rings is 1. The van der Waals surface area contributed by atoms with Gasteiger partial charge in [-0.05, 0) is 25.0 Å². The molecule has 0 fully saturated rings.